The molecule has 0 aliphatic heterocycles. The van der Waals surface area contributed by atoms with Crippen LogP contribution in [-0.2, 0) is 9.53 Å². The maximum atomic E-state index is 12.4. The van der Waals surface area contributed by atoms with Gasteiger partial charge in [0.05, 0.1) is 5.56 Å². The first-order chi connectivity index (χ1) is 11.5. The van der Waals surface area contributed by atoms with Gasteiger partial charge in [0.2, 0.25) is 0 Å². The molecule has 4 heteroatoms. The minimum absolute atomic E-state index is 0.337. The van der Waals surface area contributed by atoms with Crippen molar-refractivity contribution < 1.29 is 14.3 Å². The Morgan fingerprint density at radius 3 is 2.29 bits per heavy atom. The molecular weight excluding hydrogens is 302 g/mol. The topological polar surface area (TPSA) is 55.4 Å². The minimum Gasteiger partial charge on any atom is -0.449 e. The first-order valence-corrected chi connectivity index (χ1v) is 8.18. The SMILES string of the molecule is CCC(C)c1ccccc1NC(=O)C(C)OC(=O)c1ccccc1. The van der Waals surface area contributed by atoms with Gasteiger partial charge in [-0.15, -0.1) is 0 Å². The summed E-state index contributed by atoms with van der Waals surface area (Å²) in [5.41, 5.74) is 2.27. The van der Waals surface area contributed by atoms with Gasteiger partial charge in [-0.05, 0) is 43.0 Å². The Labute approximate surface area is 142 Å². The van der Waals surface area contributed by atoms with Gasteiger partial charge in [0.15, 0.2) is 6.10 Å². The molecule has 0 heterocycles. The highest BCUT2D eigenvalue weighted by atomic mass is 16.5. The molecule has 0 aliphatic carbocycles. The molecule has 0 aliphatic rings. The van der Waals surface area contributed by atoms with Crippen LogP contribution in [0.5, 0.6) is 0 Å². The van der Waals surface area contributed by atoms with E-state index in [2.05, 4.69) is 19.2 Å². The predicted octanol–water partition coefficient (Wildman–Crippen LogP) is 4.38. The molecule has 0 saturated heterocycles. The van der Waals surface area contributed by atoms with E-state index in [1.165, 1.54) is 0 Å². The van der Waals surface area contributed by atoms with E-state index in [4.69, 9.17) is 4.74 Å². The second-order valence-corrected chi connectivity index (χ2v) is 5.80. The van der Waals surface area contributed by atoms with Crippen molar-refractivity contribution in [2.45, 2.75) is 39.2 Å². The average molecular weight is 325 g/mol. The lowest BCUT2D eigenvalue weighted by Crippen LogP contribution is -2.30. The van der Waals surface area contributed by atoms with Crippen molar-refractivity contribution in [3.05, 3.63) is 65.7 Å². The van der Waals surface area contributed by atoms with E-state index in [9.17, 15) is 9.59 Å². The summed E-state index contributed by atoms with van der Waals surface area (Å²) in [6, 6.07) is 16.3. The molecule has 1 N–H and O–H groups in total. The third-order valence-corrected chi connectivity index (χ3v) is 4.02. The van der Waals surface area contributed by atoms with Crippen molar-refractivity contribution in [3.8, 4) is 0 Å². The average Bonchev–Trinajstić information content (AvgIpc) is 2.62. The van der Waals surface area contributed by atoms with Gasteiger partial charge in [-0.1, -0.05) is 50.2 Å². The lowest BCUT2D eigenvalue weighted by molar-refractivity contribution is -0.123. The third kappa shape index (κ3) is 4.44. The number of benzene rings is 2. The van der Waals surface area contributed by atoms with E-state index in [0.717, 1.165) is 17.7 Å². The van der Waals surface area contributed by atoms with Gasteiger partial charge in [0, 0.05) is 5.69 Å². The van der Waals surface area contributed by atoms with Gasteiger partial charge in [-0.3, -0.25) is 4.79 Å². The number of hydrogen-bond acceptors (Lipinski definition) is 3. The quantitative estimate of drug-likeness (QED) is 0.802. The maximum absolute atomic E-state index is 12.4. The zero-order valence-corrected chi connectivity index (χ0v) is 14.3. The fourth-order valence-corrected chi connectivity index (χ4v) is 2.35. The van der Waals surface area contributed by atoms with Crippen molar-refractivity contribution in [1.82, 2.24) is 0 Å². The summed E-state index contributed by atoms with van der Waals surface area (Å²) in [6.45, 7) is 5.79. The summed E-state index contributed by atoms with van der Waals surface area (Å²) < 4.78 is 5.25. The maximum Gasteiger partial charge on any atom is 0.338 e. The summed E-state index contributed by atoms with van der Waals surface area (Å²) in [7, 11) is 0. The van der Waals surface area contributed by atoms with Crippen LogP contribution in [0.2, 0.25) is 0 Å². The van der Waals surface area contributed by atoms with Crippen molar-refractivity contribution >= 4 is 17.6 Å². The Kier molecular flexibility index (Phi) is 6.13. The van der Waals surface area contributed by atoms with Crippen LogP contribution in [0.15, 0.2) is 54.6 Å². The Balaban J connectivity index is 2.03. The summed E-state index contributed by atoms with van der Waals surface area (Å²) in [5, 5.41) is 2.87. The first-order valence-electron chi connectivity index (χ1n) is 8.18. The number of rotatable bonds is 6. The molecule has 0 radical (unpaired) electrons. The van der Waals surface area contributed by atoms with E-state index in [1.54, 1.807) is 31.2 Å². The van der Waals surface area contributed by atoms with Crippen LogP contribution in [0.25, 0.3) is 0 Å². The summed E-state index contributed by atoms with van der Waals surface area (Å²) in [6.07, 6.45) is 0.105. The van der Waals surface area contributed by atoms with Gasteiger partial charge in [-0.25, -0.2) is 4.79 Å². The van der Waals surface area contributed by atoms with E-state index in [0.29, 0.717) is 11.5 Å². The van der Waals surface area contributed by atoms with E-state index in [-0.39, 0.29) is 5.91 Å². The molecular formula is C20H23NO3. The standard InChI is InChI=1S/C20H23NO3/c1-4-14(2)17-12-8-9-13-18(17)21-19(22)15(3)24-20(23)16-10-6-5-7-11-16/h5-15H,4H2,1-3H3,(H,21,22). The highest BCUT2D eigenvalue weighted by Crippen LogP contribution is 2.26. The fraction of sp³-hybridized carbons (Fsp3) is 0.300. The van der Waals surface area contributed by atoms with Crippen LogP contribution in [0.1, 0.15) is 49.0 Å². The molecule has 2 aromatic carbocycles. The normalized spacial score (nSPS) is 13.0. The number of carbonyl (C=O) groups excluding carboxylic acids is 2. The second-order valence-electron chi connectivity index (χ2n) is 5.80. The third-order valence-electron chi connectivity index (χ3n) is 4.02. The Morgan fingerprint density at radius 1 is 1.00 bits per heavy atom. The molecule has 0 spiro atoms. The van der Waals surface area contributed by atoms with Gasteiger partial charge in [0.1, 0.15) is 0 Å². The van der Waals surface area contributed by atoms with Gasteiger partial charge < -0.3 is 10.1 Å². The van der Waals surface area contributed by atoms with Crippen LogP contribution in [-0.4, -0.2) is 18.0 Å². The van der Waals surface area contributed by atoms with E-state index < -0.39 is 12.1 Å². The number of carbonyl (C=O) groups is 2. The van der Waals surface area contributed by atoms with Crippen molar-refractivity contribution in [1.29, 1.82) is 0 Å². The molecule has 24 heavy (non-hydrogen) atoms. The monoisotopic (exact) mass is 325 g/mol. The number of esters is 1. The molecule has 126 valence electrons. The van der Waals surface area contributed by atoms with Crippen LogP contribution < -0.4 is 5.32 Å². The molecule has 0 saturated carbocycles. The zero-order chi connectivity index (χ0) is 17.5. The smallest absolute Gasteiger partial charge is 0.338 e. The first kappa shape index (κ1) is 17.7. The summed E-state index contributed by atoms with van der Waals surface area (Å²) in [5.74, 6) is -0.507. The van der Waals surface area contributed by atoms with E-state index >= 15 is 0 Å². The number of anilines is 1. The number of para-hydroxylation sites is 1. The Morgan fingerprint density at radius 2 is 1.62 bits per heavy atom. The molecule has 2 atom stereocenters. The van der Waals surface area contributed by atoms with Crippen LogP contribution in [0.4, 0.5) is 5.69 Å². The molecule has 0 fully saturated rings. The lowest BCUT2D eigenvalue weighted by atomic mass is 9.97. The number of nitrogens with one attached hydrogen (secondary N) is 1. The highest BCUT2D eigenvalue weighted by molar-refractivity contribution is 5.97. The number of amides is 1. The molecule has 0 aromatic heterocycles. The minimum atomic E-state index is -0.873. The molecule has 1 amide bonds. The predicted molar refractivity (Wildman–Crippen MR) is 95.1 cm³/mol. The molecule has 2 aromatic rings. The number of ether oxygens (including phenoxy) is 1. The lowest BCUT2D eigenvalue weighted by Gasteiger charge is -2.18. The summed E-state index contributed by atoms with van der Waals surface area (Å²) in [4.78, 5) is 24.4. The largest absolute Gasteiger partial charge is 0.449 e. The van der Waals surface area contributed by atoms with E-state index in [1.807, 2.05) is 30.3 Å². The van der Waals surface area contributed by atoms with Crippen molar-refractivity contribution in [2.75, 3.05) is 5.32 Å². The Hall–Kier alpha value is -2.62. The van der Waals surface area contributed by atoms with Gasteiger partial charge >= 0.3 is 5.97 Å². The number of hydrogen-bond donors (Lipinski definition) is 1. The molecule has 0 bridgehead atoms. The zero-order valence-electron chi connectivity index (χ0n) is 14.3. The fourth-order valence-electron chi connectivity index (χ4n) is 2.35. The van der Waals surface area contributed by atoms with Crippen molar-refractivity contribution in [3.63, 3.8) is 0 Å². The second kappa shape index (κ2) is 8.29. The van der Waals surface area contributed by atoms with Crippen LogP contribution >= 0.6 is 0 Å². The van der Waals surface area contributed by atoms with Crippen LogP contribution in [0, 0.1) is 0 Å². The van der Waals surface area contributed by atoms with Gasteiger partial charge in [-0.2, -0.15) is 0 Å². The molecule has 2 unspecified atom stereocenters. The molecule has 4 nitrogen and oxygen atoms in total. The summed E-state index contributed by atoms with van der Waals surface area (Å²) >= 11 is 0. The highest BCUT2D eigenvalue weighted by Gasteiger charge is 2.20. The van der Waals surface area contributed by atoms with Crippen LogP contribution in [0.3, 0.4) is 0 Å². The Bertz CT molecular complexity index is 697. The van der Waals surface area contributed by atoms with Crippen molar-refractivity contribution in [2.24, 2.45) is 0 Å². The molecule has 2 rings (SSSR count). The van der Waals surface area contributed by atoms with Gasteiger partial charge in [0.25, 0.3) is 5.91 Å².